The van der Waals surface area contributed by atoms with Crippen LogP contribution in [0, 0.1) is 6.92 Å². The van der Waals surface area contributed by atoms with E-state index in [-0.39, 0.29) is 36.9 Å². The first-order valence-electron chi connectivity index (χ1n) is 7.70. The second-order valence-electron chi connectivity index (χ2n) is 5.55. The van der Waals surface area contributed by atoms with Gasteiger partial charge in [0.15, 0.2) is 0 Å². The molecule has 1 rings (SSSR count). The number of rotatable bonds is 8. The number of aliphatic hydroxyl groups excluding tert-OH is 1. The zero-order chi connectivity index (χ0) is 16.5. The third-order valence-electron chi connectivity index (χ3n) is 3.58. The summed E-state index contributed by atoms with van der Waals surface area (Å²) in [6, 6.07) is 7.40. The van der Waals surface area contributed by atoms with Gasteiger partial charge in [0.1, 0.15) is 0 Å². The fourth-order valence-electron chi connectivity index (χ4n) is 2.30. The van der Waals surface area contributed by atoms with Crippen molar-refractivity contribution in [2.45, 2.75) is 52.1 Å². The Morgan fingerprint density at radius 2 is 1.82 bits per heavy atom. The van der Waals surface area contributed by atoms with Gasteiger partial charge in [-0.05, 0) is 25.3 Å². The molecular formula is C17H26N2O3. The smallest absolute Gasteiger partial charge is 0.222 e. The first-order valence-corrected chi connectivity index (χ1v) is 7.70. The van der Waals surface area contributed by atoms with Gasteiger partial charge in [0.2, 0.25) is 11.8 Å². The first kappa shape index (κ1) is 18.2. The highest BCUT2D eigenvalue weighted by Gasteiger charge is 2.18. The van der Waals surface area contributed by atoms with Crippen LogP contribution >= 0.6 is 0 Å². The largest absolute Gasteiger partial charge is 0.396 e. The molecule has 0 aliphatic carbocycles. The Kier molecular flexibility index (Phi) is 7.60. The van der Waals surface area contributed by atoms with Crippen LogP contribution in [0.15, 0.2) is 24.3 Å². The van der Waals surface area contributed by atoms with E-state index in [9.17, 15) is 9.59 Å². The third kappa shape index (κ3) is 6.26. The van der Waals surface area contributed by atoms with Gasteiger partial charge in [-0.1, -0.05) is 36.8 Å². The molecule has 1 aromatic rings. The van der Waals surface area contributed by atoms with E-state index >= 15 is 0 Å². The lowest BCUT2D eigenvalue weighted by Gasteiger charge is -2.21. The number of carbonyl (C=O) groups is 2. The number of benzene rings is 1. The van der Waals surface area contributed by atoms with E-state index < -0.39 is 0 Å². The topological polar surface area (TPSA) is 78.4 Å². The van der Waals surface area contributed by atoms with Crippen molar-refractivity contribution in [3.8, 4) is 0 Å². The Bertz CT molecular complexity index is 485. The summed E-state index contributed by atoms with van der Waals surface area (Å²) >= 11 is 0. The van der Waals surface area contributed by atoms with Gasteiger partial charge >= 0.3 is 0 Å². The minimum Gasteiger partial charge on any atom is -0.396 e. The Morgan fingerprint density at radius 3 is 2.32 bits per heavy atom. The molecule has 22 heavy (non-hydrogen) atoms. The molecule has 0 saturated carbocycles. The predicted octanol–water partition coefficient (Wildman–Crippen LogP) is 1.84. The highest BCUT2D eigenvalue weighted by Crippen LogP contribution is 2.18. The molecule has 5 nitrogen and oxygen atoms in total. The van der Waals surface area contributed by atoms with Crippen molar-refractivity contribution in [2.24, 2.45) is 0 Å². The molecule has 5 heteroatoms. The number of amides is 2. The Balaban J connectivity index is 2.74. The van der Waals surface area contributed by atoms with Gasteiger partial charge in [0, 0.05) is 19.6 Å². The maximum absolute atomic E-state index is 12.2. The molecule has 0 aromatic heterocycles. The summed E-state index contributed by atoms with van der Waals surface area (Å²) in [5, 5.41) is 14.7. The molecule has 122 valence electrons. The summed E-state index contributed by atoms with van der Waals surface area (Å²) in [6.07, 6.45) is 1.49. The number of aryl methyl sites for hydroxylation is 1. The van der Waals surface area contributed by atoms with Crippen LogP contribution in [0.5, 0.6) is 0 Å². The van der Waals surface area contributed by atoms with Crippen molar-refractivity contribution in [1.29, 1.82) is 0 Å². The standard InChI is InChI=1S/C17H26N2O3/c1-4-15(9-10-20)19-17(22)11-16(18-13(3)21)14-7-5-12(2)6-8-14/h5-8,15-16,20H,4,9-11H2,1-3H3,(H,18,21)(H,19,22). The molecule has 0 saturated heterocycles. The Labute approximate surface area is 132 Å². The molecule has 0 aliphatic rings. The van der Waals surface area contributed by atoms with Crippen molar-refractivity contribution in [2.75, 3.05) is 6.61 Å². The van der Waals surface area contributed by atoms with Gasteiger partial charge in [0.25, 0.3) is 0 Å². The van der Waals surface area contributed by atoms with Gasteiger partial charge in [-0.3, -0.25) is 9.59 Å². The minimum atomic E-state index is -0.343. The quantitative estimate of drug-likeness (QED) is 0.686. The van der Waals surface area contributed by atoms with Crippen molar-refractivity contribution in [3.63, 3.8) is 0 Å². The molecule has 1 aromatic carbocycles. The van der Waals surface area contributed by atoms with Crippen molar-refractivity contribution < 1.29 is 14.7 Å². The van der Waals surface area contributed by atoms with E-state index in [2.05, 4.69) is 10.6 Å². The lowest BCUT2D eigenvalue weighted by Crippen LogP contribution is -2.38. The zero-order valence-electron chi connectivity index (χ0n) is 13.6. The third-order valence-corrected chi connectivity index (χ3v) is 3.58. The molecule has 0 spiro atoms. The highest BCUT2D eigenvalue weighted by atomic mass is 16.3. The fraction of sp³-hybridized carbons (Fsp3) is 0.529. The van der Waals surface area contributed by atoms with Gasteiger partial charge in [-0.15, -0.1) is 0 Å². The maximum Gasteiger partial charge on any atom is 0.222 e. The van der Waals surface area contributed by atoms with Crippen LogP contribution in [0.3, 0.4) is 0 Å². The average molecular weight is 306 g/mol. The molecule has 0 fully saturated rings. The summed E-state index contributed by atoms with van der Waals surface area (Å²) in [7, 11) is 0. The molecule has 0 bridgehead atoms. The second-order valence-corrected chi connectivity index (χ2v) is 5.55. The zero-order valence-corrected chi connectivity index (χ0v) is 13.6. The van der Waals surface area contributed by atoms with Crippen LogP contribution in [0.25, 0.3) is 0 Å². The number of nitrogens with one attached hydrogen (secondary N) is 2. The Hall–Kier alpha value is -1.88. The number of hydrogen-bond acceptors (Lipinski definition) is 3. The van der Waals surface area contributed by atoms with Crippen LogP contribution < -0.4 is 10.6 Å². The van der Waals surface area contributed by atoms with Gasteiger partial charge < -0.3 is 15.7 Å². The number of carbonyl (C=O) groups excluding carboxylic acids is 2. The van der Waals surface area contributed by atoms with Crippen LogP contribution in [-0.2, 0) is 9.59 Å². The van der Waals surface area contributed by atoms with Crippen LogP contribution in [0.4, 0.5) is 0 Å². The van der Waals surface area contributed by atoms with E-state index in [1.807, 2.05) is 38.1 Å². The van der Waals surface area contributed by atoms with Gasteiger partial charge in [-0.25, -0.2) is 0 Å². The molecular weight excluding hydrogens is 280 g/mol. The maximum atomic E-state index is 12.2. The van der Waals surface area contributed by atoms with Gasteiger partial charge in [-0.2, -0.15) is 0 Å². The summed E-state index contributed by atoms with van der Waals surface area (Å²) in [5.41, 5.74) is 2.04. The van der Waals surface area contributed by atoms with E-state index in [4.69, 9.17) is 5.11 Å². The van der Waals surface area contributed by atoms with E-state index in [0.717, 1.165) is 17.5 Å². The number of aliphatic hydroxyl groups is 1. The van der Waals surface area contributed by atoms with E-state index in [1.54, 1.807) is 0 Å². The second kappa shape index (κ2) is 9.20. The summed E-state index contributed by atoms with van der Waals surface area (Å²) < 4.78 is 0. The fourth-order valence-corrected chi connectivity index (χ4v) is 2.30. The number of hydrogen-bond donors (Lipinski definition) is 3. The van der Waals surface area contributed by atoms with Crippen molar-refractivity contribution in [1.82, 2.24) is 10.6 Å². The molecule has 0 heterocycles. The summed E-state index contributed by atoms with van der Waals surface area (Å²) in [6.45, 7) is 5.45. The van der Waals surface area contributed by atoms with E-state index in [0.29, 0.717) is 6.42 Å². The first-order chi connectivity index (χ1) is 10.5. The molecule has 0 radical (unpaired) electrons. The summed E-state index contributed by atoms with van der Waals surface area (Å²) in [4.78, 5) is 23.6. The molecule has 2 unspecified atom stereocenters. The normalized spacial score (nSPS) is 13.3. The van der Waals surface area contributed by atoms with E-state index in [1.165, 1.54) is 6.92 Å². The minimum absolute atomic E-state index is 0.0338. The Morgan fingerprint density at radius 1 is 1.18 bits per heavy atom. The van der Waals surface area contributed by atoms with Crippen LogP contribution in [0.2, 0.25) is 0 Å². The average Bonchev–Trinajstić information content (AvgIpc) is 2.46. The predicted molar refractivity (Wildman–Crippen MR) is 86.3 cm³/mol. The highest BCUT2D eigenvalue weighted by molar-refractivity contribution is 5.79. The van der Waals surface area contributed by atoms with Gasteiger partial charge in [0.05, 0.1) is 12.5 Å². The monoisotopic (exact) mass is 306 g/mol. The van der Waals surface area contributed by atoms with Crippen LogP contribution in [-0.4, -0.2) is 29.6 Å². The SMILES string of the molecule is CCC(CCO)NC(=O)CC(NC(C)=O)c1ccc(C)cc1. The lowest BCUT2D eigenvalue weighted by atomic mass is 10.0. The van der Waals surface area contributed by atoms with Crippen molar-refractivity contribution in [3.05, 3.63) is 35.4 Å². The van der Waals surface area contributed by atoms with Crippen LogP contribution in [0.1, 0.15) is 50.3 Å². The molecule has 0 aliphatic heterocycles. The summed E-state index contributed by atoms with van der Waals surface area (Å²) in [5.74, 6) is -0.291. The molecule has 3 N–H and O–H groups in total. The van der Waals surface area contributed by atoms with Crippen molar-refractivity contribution >= 4 is 11.8 Å². The molecule has 2 amide bonds. The molecule has 2 atom stereocenters. The lowest BCUT2D eigenvalue weighted by molar-refractivity contribution is -0.123.